The van der Waals surface area contributed by atoms with Crippen LogP contribution in [0.5, 0.6) is 5.75 Å². The van der Waals surface area contributed by atoms with Gasteiger partial charge in [-0.05, 0) is 69.0 Å². The zero-order valence-corrected chi connectivity index (χ0v) is 22.5. The fourth-order valence-corrected chi connectivity index (χ4v) is 5.49. The SMILES string of the molecule is CC1(F)COC(COC(CC(=O)OC2CCCCC2)(Oc2ccc(Br)cc2)C2(P=O)C=CC=N2)C1O. The fraction of sp³-hybridized carbons (Fsp3) is 0.600. The Balaban J connectivity index is 1.66. The van der Waals surface area contributed by atoms with E-state index < -0.39 is 49.8 Å². The van der Waals surface area contributed by atoms with Gasteiger partial charge in [0.1, 0.15) is 30.5 Å². The molecule has 1 aliphatic carbocycles. The number of aliphatic imine (C=N–C) groups is 1. The normalized spacial score (nSPS) is 32.0. The van der Waals surface area contributed by atoms with Crippen molar-refractivity contribution in [2.24, 2.45) is 4.99 Å². The van der Waals surface area contributed by atoms with Gasteiger partial charge in [0.15, 0.2) is 14.1 Å². The van der Waals surface area contributed by atoms with Crippen LogP contribution in [0.4, 0.5) is 4.39 Å². The summed E-state index contributed by atoms with van der Waals surface area (Å²) < 4.78 is 51.6. The predicted molar refractivity (Wildman–Crippen MR) is 134 cm³/mol. The second kappa shape index (κ2) is 11.4. The van der Waals surface area contributed by atoms with Gasteiger partial charge in [-0.1, -0.05) is 22.4 Å². The Hall–Kier alpha value is -1.71. The first-order valence-electron chi connectivity index (χ1n) is 12.0. The molecular weight excluding hydrogens is 556 g/mol. The highest BCUT2D eigenvalue weighted by atomic mass is 79.9. The van der Waals surface area contributed by atoms with Crippen LogP contribution in [0.2, 0.25) is 0 Å². The van der Waals surface area contributed by atoms with Crippen LogP contribution in [-0.2, 0) is 23.6 Å². The third kappa shape index (κ3) is 5.89. The molecule has 0 radical (unpaired) electrons. The van der Waals surface area contributed by atoms with Gasteiger partial charge in [0, 0.05) is 10.7 Å². The summed E-state index contributed by atoms with van der Waals surface area (Å²) in [7, 11) is -0.493. The van der Waals surface area contributed by atoms with Gasteiger partial charge in [0.25, 0.3) is 5.79 Å². The van der Waals surface area contributed by atoms with Crippen molar-refractivity contribution in [1.29, 1.82) is 0 Å². The third-order valence-electron chi connectivity index (χ3n) is 6.74. The van der Waals surface area contributed by atoms with Crippen molar-refractivity contribution in [3.8, 4) is 5.75 Å². The first kappa shape index (κ1) is 27.3. The maximum Gasteiger partial charge on any atom is 0.312 e. The van der Waals surface area contributed by atoms with Crippen molar-refractivity contribution < 1.29 is 37.8 Å². The van der Waals surface area contributed by atoms with Gasteiger partial charge in [-0.2, -0.15) is 0 Å². The molecule has 36 heavy (non-hydrogen) atoms. The van der Waals surface area contributed by atoms with Crippen LogP contribution in [0.25, 0.3) is 0 Å². The number of alkyl halides is 1. The number of aliphatic hydroxyl groups excluding tert-OH is 1. The lowest BCUT2D eigenvalue weighted by Gasteiger charge is -2.41. The molecule has 196 valence electrons. The number of allylic oxidation sites excluding steroid dienone is 1. The minimum atomic E-state index is -1.96. The van der Waals surface area contributed by atoms with Crippen molar-refractivity contribution in [1.82, 2.24) is 0 Å². The quantitative estimate of drug-likeness (QED) is 0.236. The van der Waals surface area contributed by atoms with E-state index in [2.05, 4.69) is 20.9 Å². The summed E-state index contributed by atoms with van der Waals surface area (Å²) in [4.78, 5) is 17.6. The number of hydrogen-bond acceptors (Lipinski definition) is 8. The van der Waals surface area contributed by atoms with Crippen LogP contribution < -0.4 is 4.74 Å². The Kier molecular flexibility index (Phi) is 8.62. The van der Waals surface area contributed by atoms with E-state index in [1.807, 2.05) is 0 Å². The standard InChI is InChI=1S/C25H30BrFNO7P/c1-23(27)16-32-20(22(23)30)15-33-25(24(36-31)12-5-13-28-24,35-19-10-8-17(26)9-11-19)14-21(29)34-18-6-3-2-4-7-18/h5,8-13,18,20,22,30H,2-4,6-7,14-16H2,1H3. The Bertz CT molecular complexity index is 987. The summed E-state index contributed by atoms with van der Waals surface area (Å²) in [6, 6.07) is 6.81. The van der Waals surface area contributed by atoms with Crippen molar-refractivity contribution in [2.45, 2.75) is 80.5 Å². The Morgan fingerprint density at radius 3 is 2.61 bits per heavy atom. The van der Waals surface area contributed by atoms with Gasteiger partial charge in [-0.25, -0.2) is 4.39 Å². The lowest BCUT2D eigenvalue weighted by Crippen LogP contribution is -2.57. The average molecular weight is 586 g/mol. The van der Waals surface area contributed by atoms with Crippen LogP contribution in [-0.4, -0.2) is 65.6 Å². The van der Waals surface area contributed by atoms with Crippen LogP contribution in [0.1, 0.15) is 45.4 Å². The summed E-state index contributed by atoms with van der Waals surface area (Å²) in [5.74, 6) is -2.22. The molecule has 2 fully saturated rings. The lowest BCUT2D eigenvalue weighted by atomic mass is 9.97. The number of benzene rings is 1. The van der Waals surface area contributed by atoms with Gasteiger partial charge >= 0.3 is 5.97 Å². The summed E-state index contributed by atoms with van der Waals surface area (Å²) in [5, 5.41) is 8.76. The molecule has 1 saturated heterocycles. The molecule has 1 aromatic carbocycles. The summed E-state index contributed by atoms with van der Waals surface area (Å²) in [5.41, 5.74) is -1.96. The number of hydrogen-bond donors (Lipinski definition) is 1. The number of aliphatic hydroxyl groups is 1. The molecule has 0 bridgehead atoms. The van der Waals surface area contributed by atoms with Crippen molar-refractivity contribution in [2.75, 3.05) is 13.2 Å². The van der Waals surface area contributed by atoms with E-state index in [0.29, 0.717) is 5.75 Å². The lowest BCUT2D eigenvalue weighted by molar-refractivity contribution is -0.224. The highest BCUT2D eigenvalue weighted by Crippen LogP contribution is 2.46. The number of carbonyl (C=O) groups excluding carboxylic acids is 1. The maximum atomic E-state index is 14.5. The van der Waals surface area contributed by atoms with Gasteiger partial charge in [-0.3, -0.25) is 14.4 Å². The second-order valence-corrected chi connectivity index (χ2v) is 11.4. The largest absolute Gasteiger partial charge is 0.462 e. The fourth-order valence-electron chi connectivity index (χ4n) is 4.64. The molecule has 2 aliphatic heterocycles. The molecular formula is C25H30BrFNO7P. The van der Waals surface area contributed by atoms with Gasteiger partial charge in [-0.15, -0.1) is 0 Å². The molecule has 11 heteroatoms. The first-order chi connectivity index (χ1) is 17.2. The molecule has 1 N–H and O–H groups in total. The number of rotatable bonds is 10. The molecule has 1 aromatic rings. The molecule has 1 saturated carbocycles. The number of ether oxygens (including phenoxy) is 4. The topological polar surface area (TPSA) is 104 Å². The molecule has 5 unspecified atom stereocenters. The smallest absolute Gasteiger partial charge is 0.312 e. The van der Waals surface area contributed by atoms with Crippen LogP contribution >= 0.6 is 24.4 Å². The van der Waals surface area contributed by atoms with Gasteiger partial charge in [0.2, 0.25) is 5.28 Å². The Labute approximate surface area is 219 Å². The highest BCUT2D eigenvalue weighted by molar-refractivity contribution is 9.10. The predicted octanol–water partition coefficient (Wildman–Crippen LogP) is 4.92. The van der Waals surface area contributed by atoms with Crippen molar-refractivity contribution in [3.05, 3.63) is 40.9 Å². The number of carbonyl (C=O) groups is 1. The molecule has 8 nitrogen and oxygen atoms in total. The summed E-state index contributed by atoms with van der Waals surface area (Å²) >= 11 is 3.38. The van der Waals surface area contributed by atoms with Gasteiger partial charge < -0.3 is 24.1 Å². The van der Waals surface area contributed by atoms with Crippen molar-refractivity contribution >= 4 is 36.6 Å². The number of esters is 1. The van der Waals surface area contributed by atoms with E-state index in [9.17, 15) is 18.9 Å². The van der Waals surface area contributed by atoms with Gasteiger partial charge in [0.05, 0.1) is 13.2 Å². The highest BCUT2D eigenvalue weighted by Gasteiger charge is 2.59. The first-order valence-corrected chi connectivity index (χ1v) is 13.6. The number of nitrogens with zero attached hydrogens (tertiary/aromatic N) is 1. The van der Waals surface area contributed by atoms with E-state index in [4.69, 9.17) is 18.9 Å². The van der Waals surface area contributed by atoms with Crippen LogP contribution in [0, 0.1) is 0 Å². The summed E-state index contributed by atoms with van der Waals surface area (Å²) in [6.45, 7) is 0.594. The van der Waals surface area contributed by atoms with E-state index in [0.717, 1.165) is 36.6 Å². The monoisotopic (exact) mass is 585 g/mol. The molecule has 0 spiro atoms. The minimum Gasteiger partial charge on any atom is -0.462 e. The Morgan fingerprint density at radius 2 is 2.03 bits per heavy atom. The molecule has 0 aromatic heterocycles. The van der Waals surface area contributed by atoms with Crippen molar-refractivity contribution in [3.63, 3.8) is 0 Å². The third-order valence-corrected chi connectivity index (χ3v) is 8.15. The van der Waals surface area contributed by atoms with Crippen LogP contribution in [0.3, 0.4) is 0 Å². The molecule has 0 amide bonds. The molecule has 4 rings (SSSR count). The van der Waals surface area contributed by atoms with E-state index >= 15 is 0 Å². The zero-order valence-electron chi connectivity index (χ0n) is 20.0. The molecule has 3 aliphatic rings. The average Bonchev–Trinajstić information content (AvgIpc) is 3.45. The zero-order chi connectivity index (χ0) is 25.8. The van der Waals surface area contributed by atoms with E-state index in [1.54, 1.807) is 30.3 Å². The van der Waals surface area contributed by atoms with E-state index in [1.165, 1.54) is 19.2 Å². The minimum absolute atomic E-state index is 0.216. The Morgan fingerprint density at radius 1 is 1.31 bits per heavy atom. The summed E-state index contributed by atoms with van der Waals surface area (Å²) in [6.07, 6.45) is 5.99. The van der Waals surface area contributed by atoms with E-state index in [-0.39, 0.29) is 19.3 Å². The van der Waals surface area contributed by atoms with Crippen LogP contribution in [0.15, 0.2) is 45.9 Å². The second-order valence-electron chi connectivity index (χ2n) is 9.57. The number of halogens is 2. The maximum absolute atomic E-state index is 14.5. The molecule has 5 atom stereocenters. The molecule has 2 heterocycles.